The number of aromatic nitrogens is 2. The van der Waals surface area contributed by atoms with Crippen LogP contribution < -0.4 is 16.0 Å². The highest BCUT2D eigenvalue weighted by atomic mass is 16.3. The SMILES string of the molecule is O=C(NCCNc1ncccn1)N[C@H]1c2ccccc2C[C@H]1O. The van der Waals surface area contributed by atoms with Gasteiger partial charge in [-0.25, -0.2) is 14.8 Å². The molecule has 2 atom stereocenters. The van der Waals surface area contributed by atoms with Gasteiger partial charge in [-0.1, -0.05) is 24.3 Å². The Balaban J connectivity index is 1.45. The van der Waals surface area contributed by atoms with Crippen molar-refractivity contribution in [2.24, 2.45) is 0 Å². The number of hydrogen-bond donors (Lipinski definition) is 4. The van der Waals surface area contributed by atoms with Gasteiger partial charge in [0.05, 0.1) is 12.1 Å². The molecule has 4 N–H and O–H groups in total. The van der Waals surface area contributed by atoms with Gasteiger partial charge in [0.1, 0.15) is 0 Å². The average Bonchev–Trinajstić information content (AvgIpc) is 2.88. The molecule has 0 bridgehead atoms. The fourth-order valence-corrected chi connectivity index (χ4v) is 2.68. The zero-order chi connectivity index (χ0) is 16.1. The first kappa shape index (κ1) is 15.2. The largest absolute Gasteiger partial charge is 0.390 e. The number of aliphatic hydroxyl groups excluding tert-OH is 1. The fraction of sp³-hybridized carbons (Fsp3) is 0.312. The van der Waals surface area contributed by atoms with Gasteiger partial charge in [-0.15, -0.1) is 0 Å². The zero-order valence-electron chi connectivity index (χ0n) is 12.6. The molecule has 1 aliphatic carbocycles. The van der Waals surface area contributed by atoms with E-state index in [1.807, 2.05) is 24.3 Å². The smallest absolute Gasteiger partial charge is 0.315 e. The molecular weight excluding hydrogens is 294 g/mol. The first-order chi connectivity index (χ1) is 11.2. The summed E-state index contributed by atoms with van der Waals surface area (Å²) in [6, 6.07) is 8.82. The van der Waals surface area contributed by atoms with Gasteiger partial charge in [-0.3, -0.25) is 0 Å². The molecule has 2 amide bonds. The summed E-state index contributed by atoms with van der Waals surface area (Å²) < 4.78 is 0. The standard InChI is InChI=1S/C16H19N5O2/c22-13-10-11-4-1-2-5-12(11)14(13)21-16(23)20-9-8-19-15-17-6-3-7-18-15/h1-7,13-14,22H,8-10H2,(H,17,18,19)(H2,20,21,23)/t13-,14+/m1/s1. The molecule has 2 aromatic rings. The van der Waals surface area contributed by atoms with Crippen molar-refractivity contribution < 1.29 is 9.90 Å². The zero-order valence-corrected chi connectivity index (χ0v) is 12.6. The molecule has 1 heterocycles. The van der Waals surface area contributed by atoms with Crippen molar-refractivity contribution in [1.82, 2.24) is 20.6 Å². The summed E-state index contributed by atoms with van der Waals surface area (Å²) in [7, 11) is 0. The van der Waals surface area contributed by atoms with Crippen LogP contribution in [0.5, 0.6) is 0 Å². The van der Waals surface area contributed by atoms with Crippen LogP contribution in [0.4, 0.5) is 10.7 Å². The van der Waals surface area contributed by atoms with Gasteiger partial charge in [0.15, 0.2) is 0 Å². The Morgan fingerprint density at radius 1 is 1.17 bits per heavy atom. The van der Waals surface area contributed by atoms with E-state index in [1.165, 1.54) is 0 Å². The Morgan fingerprint density at radius 3 is 2.78 bits per heavy atom. The van der Waals surface area contributed by atoms with E-state index in [0.717, 1.165) is 11.1 Å². The van der Waals surface area contributed by atoms with Crippen LogP contribution in [0.1, 0.15) is 17.2 Å². The summed E-state index contributed by atoms with van der Waals surface area (Å²) in [4.78, 5) is 20.0. The van der Waals surface area contributed by atoms with Gasteiger partial charge in [0.25, 0.3) is 0 Å². The Hall–Kier alpha value is -2.67. The number of nitrogens with one attached hydrogen (secondary N) is 3. The van der Waals surface area contributed by atoms with Crippen LogP contribution in [0.3, 0.4) is 0 Å². The molecule has 7 nitrogen and oxygen atoms in total. The lowest BCUT2D eigenvalue weighted by Crippen LogP contribution is -2.42. The van der Waals surface area contributed by atoms with Crippen LogP contribution in [0, 0.1) is 0 Å². The predicted molar refractivity (Wildman–Crippen MR) is 85.9 cm³/mol. The minimum absolute atomic E-state index is 0.304. The molecule has 0 saturated heterocycles. The molecule has 120 valence electrons. The van der Waals surface area contributed by atoms with Gasteiger partial charge in [-0.2, -0.15) is 0 Å². The van der Waals surface area contributed by atoms with Gasteiger partial charge in [-0.05, 0) is 17.2 Å². The summed E-state index contributed by atoms with van der Waals surface area (Å²) in [5.74, 6) is 0.523. The maximum Gasteiger partial charge on any atom is 0.315 e. The summed E-state index contributed by atoms with van der Waals surface area (Å²) in [5.41, 5.74) is 2.05. The molecule has 0 aliphatic heterocycles. The minimum Gasteiger partial charge on any atom is -0.390 e. The van der Waals surface area contributed by atoms with Crippen molar-refractivity contribution >= 4 is 12.0 Å². The number of nitrogens with zero attached hydrogens (tertiary/aromatic N) is 2. The quantitative estimate of drug-likeness (QED) is 0.613. The van der Waals surface area contributed by atoms with Crippen LogP contribution in [-0.2, 0) is 6.42 Å². The number of aliphatic hydroxyl groups is 1. The summed E-state index contributed by atoms with van der Waals surface area (Å²) in [6.45, 7) is 0.940. The van der Waals surface area contributed by atoms with Crippen molar-refractivity contribution in [2.45, 2.75) is 18.6 Å². The second-order valence-corrected chi connectivity index (χ2v) is 5.35. The molecule has 7 heteroatoms. The summed E-state index contributed by atoms with van der Waals surface area (Å²) in [6.07, 6.45) is 3.27. The van der Waals surface area contributed by atoms with Gasteiger partial charge in [0.2, 0.25) is 5.95 Å². The third-order valence-electron chi connectivity index (χ3n) is 3.75. The number of hydrogen-bond acceptors (Lipinski definition) is 5. The Morgan fingerprint density at radius 2 is 1.96 bits per heavy atom. The lowest BCUT2D eigenvalue weighted by atomic mass is 10.1. The van der Waals surface area contributed by atoms with Crippen molar-refractivity contribution in [3.05, 3.63) is 53.9 Å². The molecule has 0 saturated carbocycles. The number of benzene rings is 1. The van der Waals surface area contributed by atoms with E-state index >= 15 is 0 Å². The maximum absolute atomic E-state index is 12.0. The number of carbonyl (C=O) groups is 1. The molecule has 0 fully saturated rings. The lowest BCUT2D eigenvalue weighted by Gasteiger charge is -2.18. The molecule has 0 unspecified atom stereocenters. The van der Waals surface area contributed by atoms with Gasteiger partial charge < -0.3 is 21.1 Å². The van der Waals surface area contributed by atoms with E-state index in [0.29, 0.717) is 25.5 Å². The van der Waals surface area contributed by atoms with Crippen LogP contribution in [0.2, 0.25) is 0 Å². The molecule has 1 aromatic carbocycles. The highest BCUT2D eigenvalue weighted by Gasteiger charge is 2.31. The Kier molecular flexibility index (Phi) is 4.68. The topological polar surface area (TPSA) is 99.2 Å². The van der Waals surface area contributed by atoms with E-state index in [9.17, 15) is 9.90 Å². The highest BCUT2D eigenvalue weighted by molar-refractivity contribution is 5.74. The highest BCUT2D eigenvalue weighted by Crippen LogP contribution is 2.30. The molecule has 23 heavy (non-hydrogen) atoms. The number of urea groups is 1. The number of fused-ring (bicyclic) bond motifs is 1. The van der Waals surface area contributed by atoms with Crippen molar-refractivity contribution in [3.63, 3.8) is 0 Å². The van der Waals surface area contributed by atoms with E-state index < -0.39 is 6.10 Å². The predicted octanol–water partition coefficient (Wildman–Crippen LogP) is 0.846. The lowest BCUT2D eigenvalue weighted by molar-refractivity contribution is 0.142. The van der Waals surface area contributed by atoms with E-state index in [4.69, 9.17) is 0 Å². The van der Waals surface area contributed by atoms with E-state index in [2.05, 4.69) is 25.9 Å². The number of amides is 2. The third-order valence-corrected chi connectivity index (χ3v) is 3.75. The maximum atomic E-state index is 12.0. The second kappa shape index (κ2) is 7.06. The van der Waals surface area contributed by atoms with E-state index in [1.54, 1.807) is 18.5 Å². The van der Waals surface area contributed by atoms with Crippen LogP contribution in [-0.4, -0.2) is 40.3 Å². The van der Waals surface area contributed by atoms with Crippen molar-refractivity contribution in [2.75, 3.05) is 18.4 Å². The van der Waals surface area contributed by atoms with E-state index in [-0.39, 0.29) is 12.1 Å². The van der Waals surface area contributed by atoms with Gasteiger partial charge in [0, 0.05) is 31.9 Å². The summed E-state index contributed by atoms with van der Waals surface area (Å²) in [5, 5.41) is 18.7. The molecule has 1 aromatic heterocycles. The Labute approximate surface area is 134 Å². The third kappa shape index (κ3) is 3.75. The monoisotopic (exact) mass is 313 g/mol. The van der Waals surface area contributed by atoms with Crippen LogP contribution in [0.15, 0.2) is 42.7 Å². The first-order valence-electron chi connectivity index (χ1n) is 7.55. The Bertz CT molecular complexity index is 665. The minimum atomic E-state index is -0.589. The van der Waals surface area contributed by atoms with Gasteiger partial charge >= 0.3 is 6.03 Å². The molecule has 0 spiro atoms. The normalized spacial score (nSPS) is 19.0. The number of rotatable bonds is 5. The second-order valence-electron chi connectivity index (χ2n) is 5.35. The van der Waals surface area contributed by atoms with Crippen molar-refractivity contribution in [3.8, 4) is 0 Å². The number of carbonyl (C=O) groups excluding carboxylic acids is 1. The first-order valence-corrected chi connectivity index (χ1v) is 7.55. The molecular formula is C16H19N5O2. The average molecular weight is 313 g/mol. The van der Waals surface area contributed by atoms with Crippen LogP contribution >= 0.6 is 0 Å². The van der Waals surface area contributed by atoms with Crippen molar-refractivity contribution in [1.29, 1.82) is 0 Å². The molecule has 3 rings (SSSR count). The summed E-state index contributed by atoms with van der Waals surface area (Å²) >= 11 is 0. The molecule has 0 radical (unpaired) electrons. The fourth-order valence-electron chi connectivity index (χ4n) is 2.68. The molecule has 1 aliphatic rings. The van der Waals surface area contributed by atoms with Crippen LogP contribution in [0.25, 0.3) is 0 Å². The number of anilines is 1.